The average Bonchev–Trinajstić information content (AvgIpc) is 2.52. The molecule has 0 atom stereocenters. The molecule has 3 nitrogen and oxygen atoms in total. The molecule has 2 aromatic rings. The van der Waals surface area contributed by atoms with Crippen LogP contribution in [0.5, 0.6) is 0 Å². The molecule has 2 aromatic carbocycles. The van der Waals surface area contributed by atoms with Crippen LogP contribution in [0.2, 0.25) is 0 Å². The van der Waals surface area contributed by atoms with Gasteiger partial charge >= 0.3 is 0 Å². The number of rotatable bonds is 6. The van der Waals surface area contributed by atoms with E-state index in [4.69, 9.17) is 0 Å². The lowest BCUT2D eigenvalue weighted by atomic mass is 10.2. The molecule has 110 valence electrons. The first-order valence-electron chi connectivity index (χ1n) is 7.12. The van der Waals surface area contributed by atoms with E-state index >= 15 is 0 Å². The third-order valence-corrected chi connectivity index (χ3v) is 3.27. The van der Waals surface area contributed by atoms with Crippen molar-refractivity contribution in [3.8, 4) is 0 Å². The van der Waals surface area contributed by atoms with Crippen molar-refractivity contribution in [1.82, 2.24) is 0 Å². The fourth-order valence-corrected chi connectivity index (χ4v) is 2.07. The molecule has 21 heavy (non-hydrogen) atoms. The summed E-state index contributed by atoms with van der Waals surface area (Å²) in [6, 6.07) is 14.3. The van der Waals surface area contributed by atoms with Gasteiger partial charge in [0.25, 0.3) is 0 Å². The van der Waals surface area contributed by atoms with Crippen LogP contribution in [0.4, 0.5) is 15.8 Å². The Morgan fingerprint density at radius 2 is 1.62 bits per heavy atom. The van der Waals surface area contributed by atoms with Gasteiger partial charge in [-0.2, -0.15) is 5.10 Å². The van der Waals surface area contributed by atoms with Gasteiger partial charge < -0.3 is 4.90 Å². The van der Waals surface area contributed by atoms with E-state index in [2.05, 4.69) is 41.4 Å². The van der Waals surface area contributed by atoms with Gasteiger partial charge in [-0.1, -0.05) is 12.1 Å². The van der Waals surface area contributed by atoms with E-state index in [1.165, 1.54) is 17.8 Å². The van der Waals surface area contributed by atoms with Gasteiger partial charge in [0.1, 0.15) is 5.82 Å². The van der Waals surface area contributed by atoms with Gasteiger partial charge in [-0.3, -0.25) is 5.43 Å². The van der Waals surface area contributed by atoms with Gasteiger partial charge in [-0.15, -0.1) is 0 Å². The highest BCUT2D eigenvalue weighted by Gasteiger charge is 2.00. The maximum atomic E-state index is 12.8. The fraction of sp³-hybridized carbons (Fsp3) is 0.235. The van der Waals surface area contributed by atoms with E-state index < -0.39 is 0 Å². The molecule has 1 N–H and O–H groups in total. The highest BCUT2D eigenvalue weighted by Crippen LogP contribution is 2.14. The molecule has 0 saturated carbocycles. The van der Waals surface area contributed by atoms with Gasteiger partial charge in [-0.05, 0) is 55.8 Å². The van der Waals surface area contributed by atoms with Crippen molar-refractivity contribution in [1.29, 1.82) is 0 Å². The minimum atomic E-state index is -0.253. The van der Waals surface area contributed by atoms with Crippen LogP contribution in [0.25, 0.3) is 0 Å². The minimum absolute atomic E-state index is 0.253. The fourth-order valence-electron chi connectivity index (χ4n) is 2.07. The lowest BCUT2D eigenvalue weighted by Crippen LogP contribution is -2.21. The number of benzene rings is 2. The molecule has 0 aliphatic rings. The standard InChI is InChI=1S/C17H20FN3/c1-3-21(4-2)17-11-5-14(6-12-17)13-19-20-16-9-7-15(18)8-10-16/h5-13,20H,3-4H2,1-2H3/b19-13-. The Balaban J connectivity index is 1.96. The zero-order valence-electron chi connectivity index (χ0n) is 12.4. The summed E-state index contributed by atoms with van der Waals surface area (Å²) in [6.45, 7) is 6.28. The van der Waals surface area contributed by atoms with Crippen LogP contribution in [0.1, 0.15) is 19.4 Å². The number of hydrogen-bond acceptors (Lipinski definition) is 3. The van der Waals surface area contributed by atoms with Crippen LogP contribution in [0.15, 0.2) is 53.6 Å². The van der Waals surface area contributed by atoms with Crippen LogP contribution in [0, 0.1) is 5.82 Å². The number of hydrogen-bond donors (Lipinski definition) is 1. The monoisotopic (exact) mass is 285 g/mol. The predicted molar refractivity (Wildman–Crippen MR) is 87.6 cm³/mol. The summed E-state index contributed by atoms with van der Waals surface area (Å²) >= 11 is 0. The molecule has 2 rings (SSSR count). The number of hydrazone groups is 1. The maximum Gasteiger partial charge on any atom is 0.123 e. The van der Waals surface area contributed by atoms with Gasteiger partial charge in [0.05, 0.1) is 11.9 Å². The Kier molecular flexibility index (Phi) is 5.32. The van der Waals surface area contributed by atoms with E-state index in [9.17, 15) is 4.39 Å². The Bertz CT molecular complexity index is 572. The third kappa shape index (κ3) is 4.31. The van der Waals surface area contributed by atoms with Crippen LogP contribution in [0.3, 0.4) is 0 Å². The van der Waals surface area contributed by atoms with E-state index in [0.717, 1.165) is 24.3 Å². The summed E-state index contributed by atoms with van der Waals surface area (Å²) in [5.74, 6) is -0.253. The maximum absolute atomic E-state index is 12.8. The number of anilines is 2. The smallest absolute Gasteiger partial charge is 0.123 e. The van der Waals surface area contributed by atoms with Crippen molar-refractivity contribution in [2.75, 3.05) is 23.4 Å². The molecular formula is C17H20FN3. The van der Waals surface area contributed by atoms with E-state index in [-0.39, 0.29) is 5.82 Å². The summed E-state index contributed by atoms with van der Waals surface area (Å²) in [5, 5.41) is 4.15. The first-order chi connectivity index (χ1) is 10.2. The molecule has 0 fully saturated rings. The molecule has 0 aromatic heterocycles. The quantitative estimate of drug-likeness (QED) is 0.638. The zero-order valence-corrected chi connectivity index (χ0v) is 12.4. The Morgan fingerprint density at radius 3 is 2.19 bits per heavy atom. The van der Waals surface area contributed by atoms with Gasteiger partial charge in [0.2, 0.25) is 0 Å². The van der Waals surface area contributed by atoms with Crippen molar-refractivity contribution in [2.24, 2.45) is 5.10 Å². The summed E-state index contributed by atoms with van der Waals surface area (Å²) in [5.41, 5.74) is 5.86. The molecule has 0 heterocycles. The van der Waals surface area contributed by atoms with Crippen LogP contribution >= 0.6 is 0 Å². The first-order valence-corrected chi connectivity index (χ1v) is 7.12. The van der Waals surface area contributed by atoms with Crippen LogP contribution < -0.4 is 10.3 Å². The summed E-state index contributed by atoms with van der Waals surface area (Å²) < 4.78 is 12.8. The van der Waals surface area contributed by atoms with Gasteiger partial charge in [-0.25, -0.2) is 4.39 Å². The molecule has 0 bridgehead atoms. The average molecular weight is 285 g/mol. The number of nitrogens with one attached hydrogen (secondary N) is 1. The second-order valence-electron chi connectivity index (χ2n) is 4.64. The normalized spacial score (nSPS) is 10.8. The highest BCUT2D eigenvalue weighted by molar-refractivity contribution is 5.81. The SMILES string of the molecule is CCN(CC)c1ccc(/C=N\Nc2ccc(F)cc2)cc1. The predicted octanol–water partition coefficient (Wildman–Crippen LogP) is 4.12. The Morgan fingerprint density at radius 1 is 1.00 bits per heavy atom. The largest absolute Gasteiger partial charge is 0.372 e. The van der Waals surface area contributed by atoms with Crippen molar-refractivity contribution in [3.05, 3.63) is 59.9 Å². The minimum Gasteiger partial charge on any atom is -0.372 e. The molecule has 4 heteroatoms. The summed E-state index contributed by atoms with van der Waals surface area (Å²) in [7, 11) is 0. The lowest BCUT2D eigenvalue weighted by Gasteiger charge is -2.20. The third-order valence-electron chi connectivity index (χ3n) is 3.27. The van der Waals surface area contributed by atoms with Crippen molar-refractivity contribution in [2.45, 2.75) is 13.8 Å². The summed E-state index contributed by atoms with van der Waals surface area (Å²) in [6.07, 6.45) is 1.75. The Hall–Kier alpha value is -2.36. The number of nitrogens with zero attached hydrogens (tertiary/aromatic N) is 2. The molecular weight excluding hydrogens is 265 g/mol. The van der Waals surface area contributed by atoms with E-state index in [1.807, 2.05) is 12.1 Å². The van der Waals surface area contributed by atoms with Crippen molar-refractivity contribution < 1.29 is 4.39 Å². The molecule has 0 radical (unpaired) electrons. The van der Waals surface area contributed by atoms with E-state index in [0.29, 0.717) is 0 Å². The second-order valence-corrected chi connectivity index (χ2v) is 4.64. The zero-order chi connectivity index (χ0) is 15.1. The number of halogens is 1. The molecule has 0 unspecified atom stereocenters. The van der Waals surface area contributed by atoms with Gasteiger partial charge in [0.15, 0.2) is 0 Å². The molecule has 0 spiro atoms. The lowest BCUT2D eigenvalue weighted by molar-refractivity contribution is 0.628. The van der Waals surface area contributed by atoms with Crippen LogP contribution in [-0.4, -0.2) is 19.3 Å². The Labute approximate surface area is 125 Å². The second kappa shape index (κ2) is 7.43. The van der Waals surface area contributed by atoms with Crippen LogP contribution in [-0.2, 0) is 0 Å². The first kappa shape index (κ1) is 15.0. The molecule has 0 aliphatic carbocycles. The van der Waals surface area contributed by atoms with Crippen molar-refractivity contribution >= 4 is 17.6 Å². The molecule has 0 amide bonds. The highest BCUT2D eigenvalue weighted by atomic mass is 19.1. The topological polar surface area (TPSA) is 27.6 Å². The summed E-state index contributed by atoms with van der Waals surface area (Å²) in [4.78, 5) is 2.29. The van der Waals surface area contributed by atoms with Gasteiger partial charge in [0, 0.05) is 18.8 Å². The molecule has 0 saturated heterocycles. The van der Waals surface area contributed by atoms with E-state index in [1.54, 1.807) is 18.3 Å². The molecule has 0 aliphatic heterocycles. The van der Waals surface area contributed by atoms with Crippen molar-refractivity contribution in [3.63, 3.8) is 0 Å².